The largest absolute Gasteiger partial charge is 0.397 e. The molecule has 0 fully saturated rings. The first kappa shape index (κ1) is 10.2. The Morgan fingerprint density at radius 3 is 2.85 bits per heavy atom. The number of imidazole rings is 1. The summed E-state index contributed by atoms with van der Waals surface area (Å²) in [6.45, 7) is 1.92. The first-order chi connectivity index (χ1) is 5.66. The minimum atomic E-state index is 0. The summed E-state index contributed by atoms with van der Waals surface area (Å²) in [5.74, 6) is 0. The number of pyridine rings is 1. The van der Waals surface area contributed by atoms with Crippen LogP contribution >= 0.6 is 24.0 Å². The lowest BCUT2D eigenvalue weighted by atomic mass is 10.4. The van der Waals surface area contributed by atoms with Gasteiger partial charge in [0, 0.05) is 18.1 Å². The van der Waals surface area contributed by atoms with Crippen LogP contribution in [0, 0.1) is 6.92 Å². The average molecular weight is 218 g/mol. The van der Waals surface area contributed by atoms with E-state index < -0.39 is 0 Å². The molecule has 0 aliphatic carbocycles. The minimum absolute atomic E-state index is 0. The fourth-order valence-corrected chi connectivity index (χ4v) is 1.47. The highest BCUT2D eigenvalue weighted by atomic mass is 35.5. The number of hydrogen-bond donors (Lipinski definition) is 1. The third-order valence-corrected chi connectivity index (χ3v) is 1.93. The number of aromatic nitrogens is 2. The van der Waals surface area contributed by atoms with Crippen LogP contribution in [0.2, 0.25) is 5.02 Å². The zero-order chi connectivity index (χ0) is 8.72. The SMILES string of the molecule is Cc1cn2cc(N)cc(Cl)c2n1.Cl. The summed E-state index contributed by atoms with van der Waals surface area (Å²) < 4.78 is 1.83. The predicted octanol–water partition coefficient (Wildman–Crippen LogP) is 2.30. The third-order valence-electron chi connectivity index (χ3n) is 1.65. The molecule has 0 amide bonds. The molecule has 0 unspecified atom stereocenters. The first-order valence-corrected chi connectivity index (χ1v) is 3.95. The molecule has 2 N–H and O–H groups in total. The van der Waals surface area contributed by atoms with Crippen molar-refractivity contribution in [3.05, 3.63) is 29.2 Å². The van der Waals surface area contributed by atoms with E-state index in [1.54, 1.807) is 12.3 Å². The van der Waals surface area contributed by atoms with Gasteiger partial charge in [-0.2, -0.15) is 0 Å². The van der Waals surface area contributed by atoms with Crippen molar-refractivity contribution >= 4 is 35.3 Å². The smallest absolute Gasteiger partial charge is 0.155 e. The zero-order valence-corrected chi connectivity index (χ0v) is 8.56. The molecule has 2 aromatic heterocycles. The standard InChI is InChI=1S/C8H8ClN3.ClH/c1-5-3-12-4-6(10)2-7(9)8(12)11-5;/h2-4H,10H2,1H3;1H. The van der Waals surface area contributed by atoms with Gasteiger partial charge < -0.3 is 10.1 Å². The van der Waals surface area contributed by atoms with Crippen molar-refractivity contribution in [1.82, 2.24) is 9.38 Å². The molecular weight excluding hydrogens is 209 g/mol. The van der Waals surface area contributed by atoms with Crippen LogP contribution in [0.25, 0.3) is 5.65 Å². The summed E-state index contributed by atoms with van der Waals surface area (Å²) >= 11 is 5.91. The van der Waals surface area contributed by atoms with Crippen molar-refractivity contribution in [3.63, 3.8) is 0 Å². The molecule has 13 heavy (non-hydrogen) atoms. The number of nitrogen functional groups attached to an aromatic ring is 1. The van der Waals surface area contributed by atoms with Gasteiger partial charge in [-0.15, -0.1) is 12.4 Å². The van der Waals surface area contributed by atoms with Crippen molar-refractivity contribution in [2.45, 2.75) is 6.92 Å². The summed E-state index contributed by atoms with van der Waals surface area (Å²) in [5, 5.41) is 0.586. The summed E-state index contributed by atoms with van der Waals surface area (Å²) in [6.07, 6.45) is 3.68. The van der Waals surface area contributed by atoms with Crippen LogP contribution < -0.4 is 5.73 Å². The van der Waals surface area contributed by atoms with E-state index >= 15 is 0 Å². The van der Waals surface area contributed by atoms with Crippen molar-refractivity contribution in [2.75, 3.05) is 5.73 Å². The number of halogens is 2. The van der Waals surface area contributed by atoms with E-state index in [1.807, 2.05) is 17.5 Å². The summed E-state index contributed by atoms with van der Waals surface area (Å²) in [7, 11) is 0. The number of aryl methyl sites for hydroxylation is 1. The van der Waals surface area contributed by atoms with Gasteiger partial charge in [0.2, 0.25) is 0 Å². The van der Waals surface area contributed by atoms with Crippen LogP contribution in [0.15, 0.2) is 18.5 Å². The van der Waals surface area contributed by atoms with Crippen molar-refractivity contribution in [3.8, 4) is 0 Å². The Balaban J connectivity index is 0.000000845. The van der Waals surface area contributed by atoms with Crippen molar-refractivity contribution in [1.29, 1.82) is 0 Å². The lowest BCUT2D eigenvalue weighted by Crippen LogP contribution is -1.90. The number of fused-ring (bicyclic) bond motifs is 1. The molecule has 0 spiro atoms. The second-order valence-electron chi connectivity index (χ2n) is 2.73. The van der Waals surface area contributed by atoms with Crippen LogP contribution in [-0.4, -0.2) is 9.38 Å². The number of nitrogens with two attached hydrogens (primary N) is 1. The maximum Gasteiger partial charge on any atom is 0.155 e. The van der Waals surface area contributed by atoms with E-state index in [-0.39, 0.29) is 12.4 Å². The molecule has 5 heteroatoms. The van der Waals surface area contributed by atoms with Gasteiger partial charge in [-0.05, 0) is 13.0 Å². The molecule has 2 rings (SSSR count). The Bertz CT molecular complexity index is 436. The molecule has 0 radical (unpaired) electrons. The van der Waals surface area contributed by atoms with Gasteiger partial charge in [0.1, 0.15) is 0 Å². The summed E-state index contributed by atoms with van der Waals surface area (Å²) in [6, 6.07) is 1.70. The molecule has 3 nitrogen and oxygen atoms in total. The van der Waals surface area contributed by atoms with Gasteiger partial charge in [0.15, 0.2) is 5.65 Å². The van der Waals surface area contributed by atoms with E-state index in [0.29, 0.717) is 10.7 Å². The molecule has 0 atom stereocenters. The molecule has 2 heterocycles. The Morgan fingerprint density at radius 1 is 1.46 bits per heavy atom. The van der Waals surface area contributed by atoms with Crippen molar-refractivity contribution < 1.29 is 0 Å². The van der Waals surface area contributed by atoms with Crippen LogP contribution in [-0.2, 0) is 0 Å². The second kappa shape index (κ2) is 3.44. The summed E-state index contributed by atoms with van der Waals surface area (Å²) in [5.41, 5.74) is 7.93. The highest BCUT2D eigenvalue weighted by molar-refractivity contribution is 6.33. The fourth-order valence-electron chi connectivity index (χ4n) is 1.20. The normalized spacial score (nSPS) is 10.0. The lowest BCUT2D eigenvalue weighted by Gasteiger charge is -1.97. The average Bonchev–Trinajstić information content (AvgIpc) is 2.29. The van der Waals surface area contributed by atoms with E-state index in [9.17, 15) is 0 Å². The molecule has 70 valence electrons. The van der Waals surface area contributed by atoms with E-state index in [0.717, 1.165) is 11.3 Å². The molecule has 0 aliphatic rings. The third kappa shape index (κ3) is 1.71. The van der Waals surface area contributed by atoms with Crippen LogP contribution in [0.5, 0.6) is 0 Å². The molecule has 0 saturated heterocycles. The van der Waals surface area contributed by atoms with Gasteiger partial charge in [0.25, 0.3) is 0 Å². The number of rotatable bonds is 0. The topological polar surface area (TPSA) is 43.3 Å². The number of hydrogen-bond acceptors (Lipinski definition) is 2. The van der Waals surface area contributed by atoms with Crippen molar-refractivity contribution in [2.24, 2.45) is 0 Å². The van der Waals surface area contributed by atoms with E-state index in [2.05, 4.69) is 4.98 Å². The highest BCUT2D eigenvalue weighted by Crippen LogP contribution is 2.19. The monoisotopic (exact) mass is 217 g/mol. The predicted molar refractivity (Wildman–Crippen MR) is 56.6 cm³/mol. The Hall–Kier alpha value is -0.930. The molecule has 0 bridgehead atoms. The maximum atomic E-state index is 5.91. The molecule has 2 aromatic rings. The molecular formula is C8H9Cl2N3. The quantitative estimate of drug-likeness (QED) is 0.737. The minimum Gasteiger partial charge on any atom is -0.397 e. The fraction of sp³-hybridized carbons (Fsp3) is 0.125. The lowest BCUT2D eigenvalue weighted by molar-refractivity contribution is 1.19. The Morgan fingerprint density at radius 2 is 2.15 bits per heavy atom. The van der Waals surface area contributed by atoms with Gasteiger partial charge in [-0.25, -0.2) is 4.98 Å². The van der Waals surface area contributed by atoms with Crippen LogP contribution in [0.1, 0.15) is 5.69 Å². The van der Waals surface area contributed by atoms with E-state index in [4.69, 9.17) is 17.3 Å². The first-order valence-electron chi connectivity index (χ1n) is 3.57. The number of nitrogens with zero attached hydrogens (tertiary/aromatic N) is 2. The van der Waals surface area contributed by atoms with Crippen LogP contribution in [0.4, 0.5) is 5.69 Å². The van der Waals surface area contributed by atoms with Gasteiger partial charge in [0.05, 0.1) is 10.7 Å². The highest BCUT2D eigenvalue weighted by Gasteiger charge is 2.02. The van der Waals surface area contributed by atoms with Gasteiger partial charge in [-0.1, -0.05) is 11.6 Å². The molecule has 0 aromatic carbocycles. The van der Waals surface area contributed by atoms with Gasteiger partial charge in [-0.3, -0.25) is 0 Å². The zero-order valence-electron chi connectivity index (χ0n) is 6.99. The van der Waals surface area contributed by atoms with E-state index in [1.165, 1.54) is 0 Å². The summed E-state index contributed by atoms with van der Waals surface area (Å²) in [4.78, 5) is 4.23. The number of anilines is 1. The Kier molecular flexibility index (Phi) is 2.68. The van der Waals surface area contributed by atoms with Gasteiger partial charge >= 0.3 is 0 Å². The Labute approximate surface area is 86.9 Å². The van der Waals surface area contributed by atoms with Crippen LogP contribution in [0.3, 0.4) is 0 Å². The molecule has 0 aliphatic heterocycles. The molecule has 0 saturated carbocycles. The maximum absolute atomic E-state index is 5.91. The second-order valence-corrected chi connectivity index (χ2v) is 3.14.